The standard InChI is InChI=1S/C22H23N5O3/c1-16(28)23-18-9-7-17(8-10-18)11-22(29)26-13-20(14-26)27-12-19(24-25-27)15-30-21-5-3-2-4-6-21/h2-10,12,20H,11,13-15H2,1H3,(H,23,28). The first kappa shape index (κ1) is 19.6. The number of aromatic nitrogens is 3. The molecule has 0 radical (unpaired) electrons. The minimum absolute atomic E-state index is 0.0753. The number of ether oxygens (including phenoxy) is 1. The molecule has 30 heavy (non-hydrogen) atoms. The molecule has 2 heterocycles. The van der Waals surface area contributed by atoms with Gasteiger partial charge in [0, 0.05) is 25.7 Å². The van der Waals surface area contributed by atoms with Crippen LogP contribution < -0.4 is 10.1 Å². The molecule has 1 fully saturated rings. The number of likely N-dealkylation sites (tertiary alicyclic amines) is 1. The monoisotopic (exact) mass is 405 g/mol. The first-order chi connectivity index (χ1) is 14.6. The van der Waals surface area contributed by atoms with Crippen LogP contribution in [0.3, 0.4) is 0 Å². The van der Waals surface area contributed by atoms with Crippen LogP contribution in [-0.4, -0.2) is 44.8 Å². The zero-order chi connectivity index (χ0) is 20.9. The lowest BCUT2D eigenvalue weighted by Gasteiger charge is -2.39. The van der Waals surface area contributed by atoms with Gasteiger partial charge in [-0.05, 0) is 29.8 Å². The van der Waals surface area contributed by atoms with Gasteiger partial charge in [-0.3, -0.25) is 9.59 Å². The Morgan fingerprint density at radius 3 is 2.53 bits per heavy atom. The molecule has 154 valence electrons. The smallest absolute Gasteiger partial charge is 0.227 e. The van der Waals surface area contributed by atoms with E-state index in [0.717, 1.165) is 22.7 Å². The van der Waals surface area contributed by atoms with Crippen molar-refractivity contribution < 1.29 is 14.3 Å². The fraction of sp³-hybridized carbons (Fsp3) is 0.273. The summed E-state index contributed by atoms with van der Waals surface area (Å²) in [7, 11) is 0. The van der Waals surface area contributed by atoms with E-state index >= 15 is 0 Å². The summed E-state index contributed by atoms with van der Waals surface area (Å²) in [5.74, 6) is 0.747. The second kappa shape index (κ2) is 8.77. The Hall–Kier alpha value is -3.68. The second-order valence-electron chi connectivity index (χ2n) is 7.30. The van der Waals surface area contributed by atoms with E-state index in [-0.39, 0.29) is 17.9 Å². The minimum atomic E-state index is -0.117. The number of carbonyl (C=O) groups is 2. The molecule has 0 atom stereocenters. The van der Waals surface area contributed by atoms with E-state index in [2.05, 4.69) is 15.6 Å². The molecule has 4 rings (SSSR count). The van der Waals surface area contributed by atoms with Crippen molar-refractivity contribution in [2.24, 2.45) is 0 Å². The van der Waals surface area contributed by atoms with E-state index in [4.69, 9.17) is 4.74 Å². The predicted molar refractivity (Wildman–Crippen MR) is 111 cm³/mol. The summed E-state index contributed by atoms with van der Waals surface area (Å²) in [4.78, 5) is 25.4. The Morgan fingerprint density at radius 2 is 1.83 bits per heavy atom. The maximum atomic E-state index is 12.5. The summed E-state index contributed by atoms with van der Waals surface area (Å²) in [6.45, 7) is 3.05. The molecular weight excluding hydrogens is 382 g/mol. The first-order valence-electron chi connectivity index (χ1n) is 9.79. The highest BCUT2D eigenvalue weighted by Gasteiger charge is 2.32. The molecule has 0 bridgehead atoms. The van der Waals surface area contributed by atoms with E-state index in [0.29, 0.717) is 26.1 Å². The van der Waals surface area contributed by atoms with Crippen molar-refractivity contribution in [1.82, 2.24) is 19.9 Å². The lowest BCUT2D eigenvalue weighted by molar-refractivity contribution is -0.136. The molecule has 1 aliphatic rings. The topological polar surface area (TPSA) is 89.4 Å². The third-order valence-corrected chi connectivity index (χ3v) is 4.91. The number of anilines is 1. The van der Waals surface area contributed by atoms with Gasteiger partial charge in [0.2, 0.25) is 11.8 Å². The van der Waals surface area contributed by atoms with Crippen molar-refractivity contribution in [3.05, 3.63) is 72.1 Å². The van der Waals surface area contributed by atoms with Gasteiger partial charge in [0.15, 0.2) is 0 Å². The number of rotatable bonds is 7. The van der Waals surface area contributed by atoms with Crippen molar-refractivity contribution >= 4 is 17.5 Å². The Labute approximate surface area is 174 Å². The van der Waals surface area contributed by atoms with E-state index < -0.39 is 0 Å². The zero-order valence-electron chi connectivity index (χ0n) is 16.7. The Balaban J connectivity index is 1.24. The van der Waals surface area contributed by atoms with Crippen LogP contribution in [0.1, 0.15) is 24.2 Å². The van der Waals surface area contributed by atoms with Crippen LogP contribution >= 0.6 is 0 Å². The number of nitrogens with zero attached hydrogens (tertiary/aromatic N) is 4. The van der Waals surface area contributed by atoms with Crippen molar-refractivity contribution in [2.75, 3.05) is 18.4 Å². The average Bonchev–Trinajstić information content (AvgIpc) is 3.16. The number of benzene rings is 2. The van der Waals surface area contributed by atoms with Crippen LogP contribution in [0.5, 0.6) is 5.75 Å². The minimum Gasteiger partial charge on any atom is -0.487 e. The summed E-state index contributed by atoms with van der Waals surface area (Å²) < 4.78 is 7.49. The highest BCUT2D eigenvalue weighted by molar-refractivity contribution is 5.88. The summed E-state index contributed by atoms with van der Waals surface area (Å²) in [5.41, 5.74) is 2.39. The van der Waals surface area contributed by atoms with Crippen LogP contribution in [0.15, 0.2) is 60.8 Å². The molecular formula is C22H23N5O3. The van der Waals surface area contributed by atoms with Gasteiger partial charge in [-0.15, -0.1) is 5.10 Å². The molecule has 8 heteroatoms. The number of nitrogens with one attached hydrogen (secondary N) is 1. The maximum Gasteiger partial charge on any atom is 0.227 e. The molecule has 2 aromatic carbocycles. The second-order valence-corrected chi connectivity index (χ2v) is 7.30. The number of para-hydroxylation sites is 1. The Morgan fingerprint density at radius 1 is 1.10 bits per heavy atom. The van der Waals surface area contributed by atoms with E-state index in [1.165, 1.54) is 6.92 Å². The number of hydrogen-bond donors (Lipinski definition) is 1. The van der Waals surface area contributed by atoms with Crippen LogP contribution in [0, 0.1) is 0 Å². The largest absolute Gasteiger partial charge is 0.487 e. The number of amides is 2. The van der Waals surface area contributed by atoms with Gasteiger partial charge < -0.3 is 15.0 Å². The molecule has 0 unspecified atom stereocenters. The summed E-state index contributed by atoms with van der Waals surface area (Å²) >= 11 is 0. The van der Waals surface area contributed by atoms with Crippen LogP contribution in [0.25, 0.3) is 0 Å². The number of hydrogen-bond acceptors (Lipinski definition) is 5. The molecule has 0 saturated carbocycles. The fourth-order valence-corrected chi connectivity index (χ4v) is 3.25. The lowest BCUT2D eigenvalue weighted by atomic mass is 10.1. The van der Waals surface area contributed by atoms with E-state index in [1.807, 2.05) is 53.6 Å². The third-order valence-electron chi connectivity index (χ3n) is 4.91. The molecule has 0 aliphatic carbocycles. The molecule has 2 amide bonds. The lowest BCUT2D eigenvalue weighted by Crippen LogP contribution is -2.51. The number of carbonyl (C=O) groups excluding carboxylic acids is 2. The normalized spacial score (nSPS) is 13.6. The molecule has 8 nitrogen and oxygen atoms in total. The summed E-state index contributed by atoms with van der Waals surface area (Å²) in [6, 6.07) is 17.0. The third kappa shape index (κ3) is 4.83. The van der Waals surface area contributed by atoms with Gasteiger partial charge in [0.1, 0.15) is 18.1 Å². The SMILES string of the molecule is CC(=O)Nc1ccc(CC(=O)N2CC(n3cc(COc4ccccc4)nn3)C2)cc1. The van der Waals surface area contributed by atoms with Crippen LogP contribution in [-0.2, 0) is 22.6 Å². The summed E-state index contributed by atoms with van der Waals surface area (Å²) in [5, 5.41) is 11.0. The highest BCUT2D eigenvalue weighted by atomic mass is 16.5. The van der Waals surface area contributed by atoms with Gasteiger partial charge in [-0.2, -0.15) is 0 Å². The maximum absolute atomic E-state index is 12.5. The Bertz CT molecular complexity index is 1010. The molecule has 1 aromatic heterocycles. The van der Waals surface area contributed by atoms with Gasteiger partial charge in [0.25, 0.3) is 0 Å². The average molecular weight is 405 g/mol. The zero-order valence-corrected chi connectivity index (χ0v) is 16.7. The first-order valence-corrected chi connectivity index (χ1v) is 9.79. The van der Waals surface area contributed by atoms with Crippen LogP contribution in [0.2, 0.25) is 0 Å². The predicted octanol–water partition coefficient (Wildman–Crippen LogP) is 2.44. The van der Waals surface area contributed by atoms with Crippen molar-refractivity contribution in [2.45, 2.75) is 26.0 Å². The summed E-state index contributed by atoms with van der Waals surface area (Å²) in [6.07, 6.45) is 2.21. The van der Waals surface area contributed by atoms with E-state index in [1.54, 1.807) is 16.8 Å². The van der Waals surface area contributed by atoms with Crippen molar-refractivity contribution in [3.8, 4) is 5.75 Å². The van der Waals surface area contributed by atoms with Crippen LogP contribution in [0.4, 0.5) is 5.69 Å². The van der Waals surface area contributed by atoms with Crippen molar-refractivity contribution in [1.29, 1.82) is 0 Å². The fourth-order valence-electron chi connectivity index (χ4n) is 3.25. The van der Waals surface area contributed by atoms with Crippen molar-refractivity contribution in [3.63, 3.8) is 0 Å². The molecule has 1 aliphatic heterocycles. The quantitative estimate of drug-likeness (QED) is 0.652. The van der Waals surface area contributed by atoms with Gasteiger partial charge in [-0.1, -0.05) is 35.5 Å². The molecule has 3 aromatic rings. The van der Waals surface area contributed by atoms with Gasteiger partial charge in [0.05, 0.1) is 18.7 Å². The van der Waals surface area contributed by atoms with Gasteiger partial charge in [-0.25, -0.2) is 4.68 Å². The van der Waals surface area contributed by atoms with Gasteiger partial charge >= 0.3 is 0 Å². The Kier molecular flexibility index (Phi) is 5.74. The molecule has 1 saturated heterocycles. The van der Waals surface area contributed by atoms with E-state index in [9.17, 15) is 9.59 Å². The molecule has 1 N–H and O–H groups in total. The molecule has 0 spiro atoms. The highest BCUT2D eigenvalue weighted by Crippen LogP contribution is 2.22.